The Kier molecular flexibility index (Phi) is 6.18. The van der Waals surface area contributed by atoms with Gasteiger partial charge in [0.1, 0.15) is 22.0 Å². The minimum atomic E-state index is -4.26. The standard InChI is InChI=1S/C25H27N3O6S/c1-14(2)10-11-25(3)17-7-5-4-6-16(17)22(30)21(23(25)31)24-27-18-9-8-15(34-13-20(26)29)12-19(18)35(32,33)28-24/h4-9,12,14,30H,10-11,13H2,1-3H3,(H2,26,29)(H,27,28)/t25-/m0/s1. The summed E-state index contributed by atoms with van der Waals surface area (Å²) >= 11 is 0. The third-order valence-corrected chi connectivity index (χ3v) is 7.59. The molecule has 9 nitrogen and oxygen atoms in total. The van der Waals surface area contributed by atoms with Gasteiger partial charge >= 0.3 is 0 Å². The molecule has 1 aliphatic carbocycles. The molecule has 4 N–H and O–H groups in total. The number of aliphatic hydroxyl groups is 1. The Labute approximate surface area is 203 Å². The zero-order valence-electron chi connectivity index (χ0n) is 19.7. The molecule has 2 aliphatic rings. The second-order valence-electron chi connectivity index (χ2n) is 9.32. The third-order valence-electron chi connectivity index (χ3n) is 6.28. The highest BCUT2D eigenvalue weighted by atomic mass is 32.2. The molecule has 0 bridgehead atoms. The van der Waals surface area contributed by atoms with Crippen LogP contribution in [-0.4, -0.2) is 37.7 Å². The van der Waals surface area contributed by atoms with Gasteiger partial charge in [-0.1, -0.05) is 38.1 Å². The molecular weight excluding hydrogens is 470 g/mol. The number of fused-ring (bicyclic) bond motifs is 2. The van der Waals surface area contributed by atoms with Crippen LogP contribution in [0.5, 0.6) is 5.75 Å². The Morgan fingerprint density at radius 1 is 1.23 bits per heavy atom. The van der Waals surface area contributed by atoms with Crippen LogP contribution in [0.3, 0.4) is 0 Å². The van der Waals surface area contributed by atoms with Gasteiger partial charge in [-0.25, -0.2) is 0 Å². The molecule has 35 heavy (non-hydrogen) atoms. The first-order chi connectivity index (χ1) is 16.4. The molecule has 4 rings (SSSR count). The van der Waals surface area contributed by atoms with Crippen molar-refractivity contribution < 1.29 is 27.9 Å². The summed E-state index contributed by atoms with van der Waals surface area (Å²) in [5.41, 5.74) is 5.27. The van der Waals surface area contributed by atoms with Crippen LogP contribution in [0.4, 0.5) is 5.69 Å². The molecule has 2 aromatic carbocycles. The number of primary amides is 1. The lowest BCUT2D eigenvalue weighted by atomic mass is 9.66. The summed E-state index contributed by atoms with van der Waals surface area (Å²) in [7, 11) is -4.26. The smallest absolute Gasteiger partial charge is 0.286 e. The average molecular weight is 498 g/mol. The lowest BCUT2D eigenvalue weighted by Crippen LogP contribution is -2.42. The minimum Gasteiger partial charge on any atom is -0.506 e. The number of ketones is 1. The summed E-state index contributed by atoms with van der Waals surface area (Å²) in [5.74, 6) is -1.20. The number of amides is 1. The largest absolute Gasteiger partial charge is 0.506 e. The van der Waals surface area contributed by atoms with E-state index in [1.165, 1.54) is 18.2 Å². The monoisotopic (exact) mass is 497 g/mol. The summed E-state index contributed by atoms with van der Waals surface area (Å²) in [5, 5.41) is 14.0. The predicted octanol–water partition coefficient (Wildman–Crippen LogP) is 3.31. The number of amidine groups is 1. The van der Waals surface area contributed by atoms with Gasteiger partial charge in [-0.15, -0.1) is 4.40 Å². The number of benzene rings is 2. The Morgan fingerprint density at radius 2 is 1.94 bits per heavy atom. The van der Waals surface area contributed by atoms with Gasteiger partial charge in [-0.3, -0.25) is 9.59 Å². The highest BCUT2D eigenvalue weighted by Crippen LogP contribution is 2.44. The van der Waals surface area contributed by atoms with Gasteiger partial charge in [-0.2, -0.15) is 8.42 Å². The van der Waals surface area contributed by atoms with Gasteiger partial charge in [0.2, 0.25) is 0 Å². The van der Waals surface area contributed by atoms with Gasteiger partial charge in [0.25, 0.3) is 15.9 Å². The van der Waals surface area contributed by atoms with Gasteiger partial charge in [-0.05, 0) is 43.4 Å². The maximum atomic E-state index is 13.9. The number of hydrogen-bond acceptors (Lipinski definition) is 7. The molecule has 0 fully saturated rings. The number of anilines is 1. The van der Waals surface area contributed by atoms with E-state index in [1.807, 2.05) is 19.1 Å². The van der Waals surface area contributed by atoms with E-state index in [0.717, 1.165) is 6.42 Å². The van der Waals surface area contributed by atoms with Crippen molar-refractivity contribution in [3.8, 4) is 5.75 Å². The highest BCUT2D eigenvalue weighted by molar-refractivity contribution is 7.90. The quantitative estimate of drug-likeness (QED) is 0.531. The van der Waals surface area contributed by atoms with E-state index in [9.17, 15) is 23.1 Å². The summed E-state index contributed by atoms with van der Waals surface area (Å²) in [6, 6.07) is 11.2. The maximum absolute atomic E-state index is 13.9. The van der Waals surface area contributed by atoms with Crippen LogP contribution in [0.15, 0.2) is 57.3 Å². The van der Waals surface area contributed by atoms with E-state index in [-0.39, 0.29) is 33.5 Å². The predicted molar refractivity (Wildman–Crippen MR) is 132 cm³/mol. The zero-order chi connectivity index (χ0) is 25.5. The summed E-state index contributed by atoms with van der Waals surface area (Å²) < 4.78 is 35.2. The lowest BCUT2D eigenvalue weighted by Gasteiger charge is -2.36. The maximum Gasteiger partial charge on any atom is 0.286 e. The summed E-state index contributed by atoms with van der Waals surface area (Å²) in [6.45, 7) is 5.53. The molecule has 0 spiro atoms. The van der Waals surface area contributed by atoms with Crippen molar-refractivity contribution in [2.75, 3.05) is 11.9 Å². The van der Waals surface area contributed by atoms with Gasteiger partial charge in [0, 0.05) is 11.6 Å². The Hall–Kier alpha value is -3.66. The number of nitrogens with zero attached hydrogens (tertiary/aromatic N) is 1. The van der Waals surface area contributed by atoms with Crippen molar-refractivity contribution in [1.29, 1.82) is 0 Å². The molecule has 1 amide bonds. The molecular formula is C25H27N3O6S. The molecule has 0 radical (unpaired) electrons. The van der Waals surface area contributed by atoms with E-state index >= 15 is 0 Å². The summed E-state index contributed by atoms with van der Waals surface area (Å²) in [4.78, 5) is 24.7. The van der Waals surface area contributed by atoms with E-state index in [1.54, 1.807) is 12.1 Å². The molecule has 1 heterocycles. The Bertz CT molecular complexity index is 1390. The van der Waals surface area contributed by atoms with Crippen molar-refractivity contribution in [1.82, 2.24) is 0 Å². The third kappa shape index (κ3) is 4.41. The average Bonchev–Trinajstić information content (AvgIpc) is 2.80. The van der Waals surface area contributed by atoms with Gasteiger partial charge in [0.15, 0.2) is 18.2 Å². The van der Waals surface area contributed by atoms with Gasteiger partial charge < -0.3 is 20.9 Å². The highest BCUT2D eigenvalue weighted by Gasteiger charge is 2.46. The summed E-state index contributed by atoms with van der Waals surface area (Å²) in [6.07, 6.45) is 1.29. The number of sulfonamides is 1. The normalized spacial score (nSPS) is 20.6. The number of Topliss-reactive ketones (excluding diaryl/α,β-unsaturated/α-hetero) is 1. The minimum absolute atomic E-state index is 0.123. The van der Waals surface area contributed by atoms with Crippen molar-refractivity contribution in [3.63, 3.8) is 0 Å². The zero-order valence-corrected chi connectivity index (χ0v) is 20.5. The number of carbonyl (C=O) groups excluding carboxylic acids is 2. The fraction of sp³-hybridized carbons (Fsp3) is 0.320. The van der Waals surface area contributed by atoms with Crippen LogP contribution in [-0.2, 0) is 25.0 Å². The van der Waals surface area contributed by atoms with Crippen LogP contribution in [0, 0.1) is 5.92 Å². The number of carbonyl (C=O) groups is 2. The number of ether oxygens (including phenoxy) is 1. The van der Waals surface area contributed by atoms with Crippen molar-refractivity contribution in [2.45, 2.75) is 43.9 Å². The fourth-order valence-electron chi connectivity index (χ4n) is 4.35. The fourth-order valence-corrected chi connectivity index (χ4v) is 5.49. The second-order valence-corrected chi connectivity index (χ2v) is 10.9. The molecule has 1 aliphatic heterocycles. The number of nitrogens with one attached hydrogen (secondary N) is 1. The SMILES string of the molecule is CC(C)CC[C@]1(C)C(=O)C(C2=NS(=O)(=O)c3cc(OCC(N)=O)ccc3N2)=C(O)c2ccccc21. The van der Waals surface area contributed by atoms with E-state index < -0.39 is 33.7 Å². The molecule has 184 valence electrons. The topological polar surface area (TPSA) is 148 Å². The van der Waals surface area contributed by atoms with Crippen molar-refractivity contribution >= 4 is 39.0 Å². The molecule has 2 aromatic rings. The molecule has 0 unspecified atom stereocenters. The first kappa shape index (κ1) is 24.5. The first-order valence-corrected chi connectivity index (χ1v) is 12.6. The number of nitrogens with two attached hydrogens (primary N) is 1. The van der Waals surface area contributed by atoms with Crippen LogP contribution in [0.1, 0.15) is 44.7 Å². The van der Waals surface area contributed by atoms with Gasteiger partial charge in [0.05, 0.1) is 11.1 Å². The van der Waals surface area contributed by atoms with Crippen LogP contribution >= 0.6 is 0 Å². The molecule has 10 heteroatoms. The van der Waals surface area contributed by atoms with Crippen molar-refractivity contribution in [2.24, 2.45) is 16.0 Å². The first-order valence-electron chi connectivity index (χ1n) is 11.2. The number of rotatable bonds is 7. The van der Waals surface area contributed by atoms with E-state index in [2.05, 4.69) is 23.6 Å². The Balaban J connectivity index is 1.80. The number of aliphatic hydroxyl groups excluding tert-OH is 1. The molecule has 1 atom stereocenters. The van der Waals surface area contributed by atoms with Crippen LogP contribution in [0.25, 0.3) is 5.76 Å². The van der Waals surface area contributed by atoms with E-state index in [4.69, 9.17) is 10.5 Å². The number of hydrogen-bond donors (Lipinski definition) is 3. The van der Waals surface area contributed by atoms with E-state index in [0.29, 0.717) is 23.5 Å². The Morgan fingerprint density at radius 3 is 2.63 bits per heavy atom. The van der Waals surface area contributed by atoms with Crippen molar-refractivity contribution in [3.05, 3.63) is 59.2 Å². The molecule has 0 saturated heterocycles. The van der Waals surface area contributed by atoms with Crippen LogP contribution < -0.4 is 15.8 Å². The molecule has 0 saturated carbocycles. The molecule has 0 aromatic heterocycles. The van der Waals surface area contributed by atoms with Crippen LogP contribution in [0.2, 0.25) is 0 Å². The lowest BCUT2D eigenvalue weighted by molar-refractivity contribution is -0.121. The second kappa shape index (κ2) is 8.84.